The van der Waals surface area contributed by atoms with Gasteiger partial charge in [0.15, 0.2) is 17.4 Å². The lowest BCUT2D eigenvalue weighted by Crippen LogP contribution is -2.20. The number of alkyl halides is 3. The van der Waals surface area contributed by atoms with Gasteiger partial charge in [0.25, 0.3) is 11.8 Å². The van der Waals surface area contributed by atoms with Gasteiger partial charge in [-0.05, 0) is 36.8 Å². The summed E-state index contributed by atoms with van der Waals surface area (Å²) in [6, 6.07) is 9.60. The quantitative estimate of drug-likeness (QED) is 0.440. The van der Waals surface area contributed by atoms with Crippen molar-refractivity contribution in [3.8, 4) is 5.75 Å². The standard InChI is InChI=1S/C23H20F4N4O3/c1-12-6-4-5-7-17(12)30-20-18(10-14(11-29-20)21(32)28-2)31-22(33)13-8-15(23(25,26)27)19(34-3)16(24)9-13/h4-11H,1-3H3,(H,28,32)(H,29,30)(H,31,33). The minimum atomic E-state index is -4.96. The molecule has 178 valence electrons. The van der Waals surface area contributed by atoms with Gasteiger partial charge in [-0.1, -0.05) is 18.2 Å². The Morgan fingerprint density at radius 1 is 1.00 bits per heavy atom. The molecule has 0 aliphatic heterocycles. The van der Waals surface area contributed by atoms with Crippen LogP contribution in [0.4, 0.5) is 34.8 Å². The van der Waals surface area contributed by atoms with Crippen molar-refractivity contribution in [2.24, 2.45) is 0 Å². The molecule has 0 unspecified atom stereocenters. The number of hydrogen-bond donors (Lipinski definition) is 3. The second kappa shape index (κ2) is 9.77. The van der Waals surface area contributed by atoms with E-state index in [-0.39, 0.29) is 17.1 Å². The summed E-state index contributed by atoms with van der Waals surface area (Å²) >= 11 is 0. The van der Waals surface area contributed by atoms with Gasteiger partial charge in [0.2, 0.25) is 0 Å². The minimum Gasteiger partial charge on any atom is -0.493 e. The van der Waals surface area contributed by atoms with Crippen molar-refractivity contribution in [2.75, 3.05) is 24.8 Å². The number of anilines is 3. The molecule has 3 aromatic rings. The molecule has 7 nitrogen and oxygen atoms in total. The van der Waals surface area contributed by atoms with Crippen LogP contribution in [0, 0.1) is 12.7 Å². The van der Waals surface area contributed by atoms with Gasteiger partial charge in [-0.3, -0.25) is 9.59 Å². The van der Waals surface area contributed by atoms with Gasteiger partial charge in [-0.2, -0.15) is 13.2 Å². The highest BCUT2D eigenvalue weighted by atomic mass is 19.4. The van der Waals surface area contributed by atoms with E-state index in [9.17, 15) is 27.2 Å². The lowest BCUT2D eigenvalue weighted by Gasteiger charge is -2.16. The second-order valence-electron chi connectivity index (χ2n) is 7.13. The Bertz CT molecular complexity index is 1250. The molecule has 11 heteroatoms. The summed E-state index contributed by atoms with van der Waals surface area (Å²) in [6.07, 6.45) is -3.69. The van der Waals surface area contributed by atoms with Crippen LogP contribution in [0.25, 0.3) is 0 Å². The molecule has 0 saturated heterocycles. The van der Waals surface area contributed by atoms with E-state index in [1.807, 2.05) is 19.1 Å². The number of hydrogen-bond acceptors (Lipinski definition) is 5. The van der Waals surface area contributed by atoms with E-state index in [1.165, 1.54) is 19.3 Å². The van der Waals surface area contributed by atoms with Crippen molar-refractivity contribution in [2.45, 2.75) is 13.1 Å². The van der Waals surface area contributed by atoms with Crippen LogP contribution in [-0.2, 0) is 6.18 Å². The first-order chi connectivity index (χ1) is 16.0. The van der Waals surface area contributed by atoms with Crippen LogP contribution in [0.3, 0.4) is 0 Å². The first-order valence-corrected chi connectivity index (χ1v) is 9.86. The molecule has 2 amide bonds. The van der Waals surface area contributed by atoms with Crippen LogP contribution in [0.1, 0.15) is 31.8 Å². The summed E-state index contributed by atoms with van der Waals surface area (Å²) < 4.78 is 58.9. The number of nitrogens with one attached hydrogen (secondary N) is 3. The van der Waals surface area contributed by atoms with Crippen molar-refractivity contribution in [3.63, 3.8) is 0 Å². The molecule has 2 aromatic carbocycles. The van der Waals surface area contributed by atoms with E-state index >= 15 is 0 Å². The number of halogens is 4. The molecule has 0 spiro atoms. The smallest absolute Gasteiger partial charge is 0.420 e. The maximum atomic E-state index is 14.3. The molecular formula is C23H20F4N4O3. The highest BCUT2D eigenvalue weighted by molar-refractivity contribution is 6.07. The summed E-state index contributed by atoms with van der Waals surface area (Å²) in [7, 11) is 2.30. The van der Waals surface area contributed by atoms with Crippen LogP contribution in [0.2, 0.25) is 0 Å². The average Bonchev–Trinajstić information content (AvgIpc) is 2.79. The van der Waals surface area contributed by atoms with Gasteiger partial charge < -0.3 is 20.7 Å². The van der Waals surface area contributed by atoms with Gasteiger partial charge in [-0.15, -0.1) is 0 Å². The van der Waals surface area contributed by atoms with Crippen molar-refractivity contribution < 1.29 is 31.9 Å². The second-order valence-corrected chi connectivity index (χ2v) is 7.13. The zero-order chi connectivity index (χ0) is 25.0. The number of carbonyl (C=O) groups excluding carboxylic acids is 2. The average molecular weight is 476 g/mol. The number of methoxy groups -OCH3 is 1. The lowest BCUT2D eigenvalue weighted by atomic mass is 10.1. The first kappa shape index (κ1) is 24.5. The lowest BCUT2D eigenvalue weighted by molar-refractivity contribution is -0.139. The maximum Gasteiger partial charge on any atom is 0.420 e. The van der Waals surface area contributed by atoms with E-state index in [0.717, 1.165) is 12.7 Å². The Morgan fingerprint density at radius 3 is 2.32 bits per heavy atom. The fourth-order valence-electron chi connectivity index (χ4n) is 3.11. The Hall–Kier alpha value is -4.15. The molecular weight excluding hydrogens is 456 g/mol. The highest BCUT2D eigenvalue weighted by Crippen LogP contribution is 2.38. The molecule has 3 N–H and O–H groups in total. The third kappa shape index (κ3) is 5.25. The molecule has 1 aromatic heterocycles. The molecule has 0 saturated carbocycles. The molecule has 0 atom stereocenters. The van der Waals surface area contributed by atoms with E-state index in [2.05, 4.69) is 25.7 Å². The minimum absolute atomic E-state index is 0.000798. The fourth-order valence-corrected chi connectivity index (χ4v) is 3.11. The number of carbonyl (C=O) groups is 2. The van der Waals surface area contributed by atoms with Crippen LogP contribution in [0.5, 0.6) is 5.75 Å². The SMILES string of the molecule is CNC(=O)c1cnc(Nc2ccccc2C)c(NC(=O)c2cc(F)c(OC)c(C(F)(F)F)c2)c1. The predicted octanol–water partition coefficient (Wildman–Crippen LogP) is 4.91. The normalized spacial score (nSPS) is 11.0. The molecule has 3 rings (SSSR count). The number of aromatic nitrogens is 1. The van der Waals surface area contributed by atoms with Gasteiger partial charge in [0, 0.05) is 24.5 Å². The van der Waals surface area contributed by atoms with Crippen molar-refractivity contribution in [1.29, 1.82) is 0 Å². The Labute approximate surface area is 192 Å². The van der Waals surface area contributed by atoms with Gasteiger partial charge in [-0.25, -0.2) is 9.37 Å². The molecule has 0 radical (unpaired) electrons. The third-order valence-corrected chi connectivity index (χ3v) is 4.84. The zero-order valence-electron chi connectivity index (χ0n) is 18.3. The van der Waals surface area contributed by atoms with Crippen LogP contribution in [0.15, 0.2) is 48.7 Å². The first-order valence-electron chi connectivity index (χ1n) is 9.86. The largest absolute Gasteiger partial charge is 0.493 e. The van der Waals surface area contributed by atoms with Gasteiger partial charge in [0.1, 0.15) is 5.56 Å². The summed E-state index contributed by atoms with van der Waals surface area (Å²) in [6.45, 7) is 1.83. The molecule has 34 heavy (non-hydrogen) atoms. The number of amides is 2. The number of para-hydroxylation sites is 1. The van der Waals surface area contributed by atoms with E-state index < -0.39 is 40.7 Å². The van der Waals surface area contributed by atoms with Gasteiger partial charge >= 0.3 is 6.18 Å². The maximum absolute atomic E-state index is 14.3. The van der Waals surface area contributed by atoms with E-state index in [4.69, 9.17) is 0 Å². The Morgan fingerprint density at radius 2 is 1.71 bits per heavy atom. The van der Waals surface area contributed by atoms with Gasteiger partial charge in [0.05, 0.1) is 18.4 Å². The number of nitrogens with zero attached hydrogens (tertiary/aromatic N) is 1. The monoisotopic (exact) mass is 476 g/mol. The Kier molecular flexibility index (Phi) is 7.04. The molecule has 0 aliphatic carbocycles. The van der Waals surface area contributed by atoms with Crippen molar-refractivity contribution in [1.82, 2.24) is 10.3 Å². The Balaban J connectivity index is 2.03. The molecule has 0 fully saturated rings. The van der Waals surface area contributed by atoms with Crippen LogP contribution in [-0.4, -0.2) is 31.0 Å². The number of pyridine rings is 1. The summed E-state index contributed by atoms with van der Waals surface area (Å²) in [5.74, 6) is -3.79. The number of aryl methyl sites for hydroxylation is 1. The number of ether oxygens (including phenoxy) is 1. The molecule has 1 heterocycles. The summed E-state index contributed by atoms with van der Waals surface area (Å²) in [5.41, 5.74) is -0.449. The van der Waals surface area contributed by atoms with Crippen LogP contribution < -0.4 is 20.7 Å². The highest BCUT2D eigenvalue weighted by Gasteiger charge is 2.37. The van der Waals surface area contributed by atoms with Crippen molar-refractivity contribution in [3.05, 3.63) is 76.7 Å². The van der Waals surface area contributed by atoms with Crippen LogP contribution >= 0.6 is 0 Å². The van der Waals surface area contributed by atoms with E-state index in [0.29, 0.717) is 17.8 Å². The molecule has 0 aliphatic rings. The van der Waals surface area contributed by atoms with Crippen molar-refractivity contribution >= 4 is 29.0 Å². The predicted molar refractivity (Wildman–Crippen MR) is 118 cm³/mol. The van der Waals surface area contributed by atoms with E-state index in [1.54, 1.807) is 12.1 Å². The molecule has 0 bridgehead atoms. The summed E-state index contributed by atoms with van der Waals surface area (Å²) in [5, 5.41) is 7.84. The third-order valence-electron chi connectivity index (χ3n) is 4.84. The zero-order valence-corrected chi connectivity index (χ0v) is 18.3. The topological polar surface area (TPSA) is 92.4 Å². The number of rotatable bonds is 6. The summed E-state index contributed by atoms with van der Waals surface area (Å²) in [4.78, 5) is 29.0. The number of benzene rings is 2. The fraction of sp³-hybridized carbons (Fsp3) is 0.174.